The molecule has 2 heteroatoms. The third-order valence-corrected chi connectivity index (χ3v) is 2.29. The number of hydrogen-bond donors (Lipinski definition) is 0. The number of alkyl halides is 1. The van der Waals surface area contributed by atoms with Gasteiger partial charge in [0.25, 0.3) is 0 Å². The van der Waals surface area contributed by atoms with E-state index < -0.39 is 0 Å². The zero-order valence-corrected chi connectivity index (χ0v) is 10.1. The van der Waals surface area contributed by atoms with Crippen LogP contribution in [0.2, 0.25) is 0 Å². The van der Waals surface area contributed by atoms with Crippen molar-refractivity contribution in [3.8, 4) is 0 Å². The van der Waals surface area contributed by atoms with Crippen LogP contribution in [0, 0.1) is 19.7 Å². The van der Waals surface area contributed by atoms with Gasteiger partial charge in [0, 0.05) is 0 Å². The van der Waals surface area contributed by atoms with Gasteiger partial charge in [-0.2, -0.15) is 0 Å². The molecule has 0 aliphatic rings. The first-order valence-electron chi connectivity index (χ1n) is 5.45. The van der Waals surface area contributed by atoms with Crippen LogP contribution < -0.4 is 0 Å². The van der Waals surface area contributed by atoms with Crippen LogP contribution >= 0.6 is 0 Å². The Kier molecular flexibility index (Phi) is 5.34. The summed E-state index contributed by atoms with van der Waals surface area (Å²) < 4.78 is 23.9. The van der Waals surface area contributed by atoms with Crippen molar-refractivity contribution >= 4 is 0 Å². The molecule has 0 nitrogen and oxygen atoms in total. The van der Waals surface area contributed by atoms with E-state index in [1.807, 2.05) is 26.0 Å². The second-order valence-electron chi connectivity index (χ2n) is 3.91. The van der Waals surface area contributed by atoms with Crippen molar-refractivity contribution in [1.29, 1.82) is 0 Å². The molecule has 0 atom stereocenters. The molecule has 0 heterocycles. The minimum absolute atomic E-state index is 0.171. The Morgan fingerprint density at radius 3 is 1.53 bits per heavy atom. The lowest BCUT2D eigenvalue weighted by molar-refractivity contribution is 0.485. The molecule has 90 valence electrons. The molecule has 0 radical (unpaired) electrons. The SMILES string of the molecule is Cc1ccc(CF)cc1.Cc1ccc(F)cc1. The highest BCUT2D eigenvalue weighted by Gasteiger charge is 1.87. The largest absolute Gasteiger partial charge is 0.246 e. The number of benzene rings is 2. The first kappa shape index (κ1) is 13.4. The van der Waals surface area contributed by atoms with Crippen LogP contribution in [0.4, 0.5) is 8.78 Å². The highest BCUT2D eigenvalue weighted by molar-refractivity contribution is 5.20. The van der Waals surface area contributed by atoms with Crippen molar-refractivity contribution in [2.75, 3.05) is 0 Å². The summed E-state index contributed by atoms with van der Waals surface area (Å²) in [5.41, 5.74) is 3.01. The second-order valence-corrected chi connectivity index (χ2v) is 3.91. The molecule has 2 aromatic carbocycles. The van der Waals surface area contributed by atoms with E-state index in [4.69, 9.17) is 0 Å². The maximum absolute atomic E-state index is 12.1. The summed E-state index contributed by atoms with van der Waals surface area (Å²) in [6.07, 6.45) is 0. The van der Waals surface area contributed by atoms with Crippen molar-refractivity contribution in [1.82, 2.24) is 0 Å². The van der Waals surface area contributed by atoms with E-state index in [2.05, 4.69) is 0 Å². The second kappa shape index (κ2) is 6.79. The maximum atomic E-state index is 12.1. The van der Waals surface area contributed by atoms with Crippen molar-refractivity contribution in [2.24, 2.45) is 0 Å². The van der Waals surface area contributed by atoms with E-state index >= 15 is 0 Å². The molecule has 0 aliphatic carbocycles. The zero-order chi connectivity index (χ0) is 12.7. The zero-order valence-electron chi connectivity index (χ0n) is 10.1. The Morgan fingerprint density at radius 1 is 0.765 bits per heavy atom. The van der Waals surface area contributed by atoms with Gasteiger partial charge in [0.1, 0.15) is 12.5 Å². The number of hydrogen-bond acceptors (Lipinski definition) is 0. The number of halogens is 2. The Hall–Kier alpha value is -1.70. The van der Waals surface area contributed by atoms with Gasteiger partial charge < -0.3 is 0 Å². The minimum Gasteiger partial charge on any atom is -0.246 e. The molecule has 17 heavy (non-hydrogen) atoms. The predicted molar refractivity (Wildman–Crippen MR) is 67.1 cm³/mol. The van der Waals surface area contributed by atoms with Crippen LogP contribution in [0.15, 0.2) is 48.5 Å². The van der Waals surface area contributed by atoms with Gasteiger partial charge in [0.05, 0.1) is 0 Å². The normalized spacial score (nSPS) is 9.41. The molecular weight excluding hydrogens is 218 g/mol. The maximum Gasteiger partial charge on any atom is 0.123 e. The lowest BCUT2D eigenvalue weighted by atomic mass is 10.2. The molecule has 0 unspecified atom stereocenters. The van der Waals surface area contributed by atoms with Gasteiger partial charge in [-0.05, 0) is 31.5 Å². The highest BCUT2D eigenvalue weighted by Crippen LogP contribution is 2.03. The van der Waals surface area contributed by atoms with Gasteiger partial charge in [-0.15, -0.1) is 0 Å². The summed E-state index contributed by atoms with van der Waals surface area (Å²) in [5.74, 6) is -0.171. The van der Waals surface area contributed by atoms with Crippen molar-refractivity contribution in [2.45, 2.75) is 20.5 Å². The van der Waals surface area contributed by atoms with E-state index in [1.165, 1.54) is 17.7 Å². The van der Waals surface area contributed by atoms with Gasteiger partial charge in [-0.3, -0.25) is 0 Å². The fourth-order valence-corrected chi connectivity index (χ4v) is 1.21. The number of rotatable bonds is 1. The van der Waals surface area contributed by atoms with Crippen LogP contribution in [0.5, 0.6) is 0 Å². The molecule has 0 saturated heterocycles. The topological polar surface area (TPSA) is 0 Å². The average Bonchev–Trinajstić information content (AvgIpc) is 2.35. The fourth-order valence-electron chi connectivity index (χ4n) is 1.21. The van der Waals surface area contributed by atoms with E-state index in [1.54, 1.807) is 24.3 Å². The van der Waals surface area contributed by atoms with Gasteiger partial charge in [-0.1, -0.05) is 47.5 Å². The number of aryl methyl sites for hydroxylation is 2. The standard InChI is InChI=1S/C8H9F.C7H7F/c1-7-2-4-8(6-9)5-3-7;1-6-2-4-7(8)5-3-6/h2-5H,6H2,1H3;2-5H,1H3. The molecular formula is C15H16F2. The summed E-state index contributed by atoms with van der Waals surface area (Å²) in [5, 5.41) is 0. The average molecular weight is 234 g/mol. The summed E-state index contributed by atoms with van der Waals surface area (Å²) in [7, 11) is 0. The quantitative estimate of drug-likeness (QED) is 0.676. The lowest BCUT2D eigenvalue weighted by Crippen LogP contribution is -1.76. The third kappa shape index (κ3) is 5.25. The lowest BCUT2D eigenvalue weighted by Gasteiger charge is -1.92. The summed E-state index contributed by atoms with van der Waals surface area (Å²) >= 11 is 0. The summed E-state index contributed by atoms with van der Waals surface area (Å²) in [6, 6.07) is 13.8. The minimum atomic E-state index is -0.361. The monoisotopic (exact) mass is 234 g/mol. The van der Waals surface area contributed by atoms with Gasteiger partial charge in [0.15, 0.2) is 0 Å². The Labute approximate surface area is 101 Å². The molecule has 0 bridgehead atoms. The molecule has 0 saturated carbocycles. The first-order chi connectivity index (χ1) is 8.11. The van der Waals surface area contributed by atoms with Crippen LogP contribution in [0.3, 0.4) is 0 Å². The predicted octanol–water partition coefficient (Wildman–Crippen LogP) is 4.60. The smallest absolute Gasteiger partial charge is 0.123 e. The Balaban J connectivity index is 0.000000171. The molecule has 2 rings (SSSR count). The van der Waals surface area contributed by atoms with Crippen molar-refractivity contribution < 1.29 is 8.78 Å². The molecule has 0 fully saturated rings. The highest BCUT2D eigenvalue weighted by atomic mass is 19.1. The molecule has 0 N–H and O–H groups in total. The Bertz CT molecular complexity index is 408. The van der Waals surface area contributed by atoms with E-state index in [9.17, 15) is 8.78 Å². The summed E-state index contributed by atoms with van der Waals surface area (Å²) in [4.78, 5) is 0. The van der Waals surface area contributed by atoms with Crippen LogP contribution in [-0.2, 0) is 6.67 Å². The molecule has 0 spiro atoms. The fraction of sp³-hybridized carbons (Fsp3) is 0.200. The van der Waals surface area contributed by atoms with Gasteiger partial charge in [0.2, 0.25) is 0 Å². The van der Waals surface area contributed by atoms with Gasteiger partial charge in [-0.25, -0.2) is 8.78 Å². The van der Waals surface area contributed by atoms with Crippen LogP contribution in [-0.4, -0.2) is 0 Å². The summed E-state index contributed by atoms with van der Waals surface area (Å²) in [6.45, 7) is 3.56. The van der Waals surface area contributed by atoms with Crippen LogP contribution in [0.1, 0.15) is 16.7 Å². The van der Waals surface area contributed by atoms with Crippen molar-refractivity contribution in [3.63, 3.8) is 0 Å². The third-order valence-electron chi connectivity index (χ3n) is 2.29. The first-order valence-corrected chi connectivity index (χ1v) is 5.45. The van der Waals surface area contributed by atoms with Crippen LogP contribution in [0.25, 0.3) is 0 Å². The van der Waals surface area contributed by atoms with E-state index in [0.29, 0.717) is 0 Å². The molecule has 0 aliphatic heterocycles. The van der Waals surface area contributed by atoms with E-state index in [0.717, 1.165) is 11.1 Å². The Morgan fingerprint density at radius 2 is 1.18 bits per heavy atom. The van der Waals surface area contributed by atoms with Gasteiger partial charge >= 0.3 is 0 Å². The molecule has 2 aromatic rings. The molecule has 0 amide bonds. The van der Waals surface area contributed by atoms with Crippen molar-refractivity contribution in [3.05, 3.63) is 71.0 Å². The van der Waals surface area contributed by atoms with E-state index in [-0.39, 0.29) is 12.5 Å². The molecule has 0 aromatic heterocycles.